The fraction of sp³-hybridized carbons (Fsp3) is 0.600. The highest BCUT2D eigenvalue weighted by molar-refractivity contribution is 5.59. The molecule has 0 aliphatic heterocycles. The molecule has 2 rings (SSSR count). The topological polar surface area (TPSA) is 12.0 Å². The van der Waals surface area contributed by atoms with Crippen molar-refractivity contribution in [2.45, 2.75) is 53.5 Å². The van der Waals surface area contributed by atoms with Gasteiger partial charge in [0.1, 0.15) is 0 Å². The van der Waals surface area contributed by atoms with Gasteiger partial charge < -0.3 is 5.32 Å². The lowest BCUT2D eigenvalue weighted by atomic mass is 9.98. The van der Waals surface area contributed by atoms with E-state index in [4.69, 9.17) is 0 Å². The smallest absolute Gasteiger partial charge is 0.0402 e. The predicted octanol–water partition coefficient (Wildman–Crippen LogP) is 4.21. The number of nitrogens with one attached hydrogen (secondary N) is 1. The lowest BCUT2D eigenvalue weighted by Gasteiger charge is -2.24. The van der Waals surface area contributed by atoms with E-state index in [2.05, 4.69) is 52.1 Å². The van der Waals surface area contributed by atoms with Gasteiger partial charge in [-0.05, 0) is 57.1 Å². The Kier molecular flexibility index (Phi) is 2.73. The maximum atomic E-state index is 3.71. The zero-order chi connectivity index (χ0) is 11.9. The fourth-order valence-electron chi connectivity index (χ4n) is 2.43. The minimum atomic E-state index is 0.532. The van der Waals surface area contributed by atoms with Crippen molar-refractivity contribution < 1.29 is 0 Å². The molecule has 1 fully saturated rings. The molecule has 1 aromatic carbocycles. The minimum absolute atomic E-state index is 0.532. The summed E-state index contributed by atoms with van der Waals surface area (Å²) in [6, 6.07) is 5.10. The molecule has 0 saturated heterocycles. The molecule has 1 N–H and O–H groups in total. The molecule has 1 atom stereocenters. The first kappa shape index (κ1) is 11.5. The molecule has 0 heterocycles. The van der Waals surface area contributed by atoms with Gasteiger partial charge in [-0.3, -0.25) is 0 Å². The third-order valence-corrected chi connectivity index (χ3v) is 4.12. The fourth-order valence-corrected chi connectivity index (χ4v) is 2.43. The van der Waals surface area contributed by atoms with Crippen LogP contribution in [0.3, 0.4) is 0 Å². The van der Waals surface area contributed by atoms with Gasteiger partial charge in [-0.1, -0.05) is 24.6 Å². The second kappa shape index (κ2) is 3.80. The van der Waals surface area contributed by atoms with Gasteiger partial charge >= 0.3 is 0 Å². The van der Waals surface area contributed by atoms with Crippen LogP contribution < -0.4 is 5.32 Å². The molecule has 1 aliphatic carbocycles. The van der Waals surface area contributed by atoms with Crippen LogP contribution in [0.5, 0.6) is 0 Å². The Hall–Kier alpha value is -0.980. The number of benzene rings is 1. The largest absolute Gasteiger partial charge is 0.382 e. The quantitative estimate of drug-likeness (QED) is 0.799. The summed E-state index contributed by atoms with van der Waals surface area (Å²) in [5, 5.41) is 3.71. The first-order chi connectivity index (χ1) is 7.42. The Morgan fingerprint density at radius 1 is 1.12 bits per heavy atom. The van der Waals surface area contributed by atoms with Crippen LogP contribution in [0.4, 0.5) is 5.69 Å². The summed E-state index contributed by atoms with van der Waals surface area (Å²) in [5.41, 5.74) is 5.96. The third kappa shape index (κ3) is 2.09. The van der Waals surface area contributed by atoms with Crippen molar-refractivity contribution in [3.05, 3.63) is 28.8 Å². The van der Waals surface area contributed by atoms with E-state index in [1.54, 1.807) is 0 Å². The van der Waals surface area contributed by atoms with Crippen molar-refractivity contribution in [2.75, 3.05) is 5.32 Å². The van der Waals surface area contributed by atoms with E-state index in [0.717, 1.165) is 0 Å². The first-order valence-electron chi connectivity index (χ1n) is 6.27. The predicted molar refractivity (Wildman–Crippen MR) is 71.1 cm³/mol. The summed E-state index contributed by atoms with van der Waals surface area (Å²) >= 11 is 0. The second-order valence-electron chi connectivity index (χ2n) is 5.79. The molecule has 1 unspecified atom stereocenters. The maximum absolute atomic E-state index is 3.71. The second-order valence-corrected chi connectivity index (χ2v) is 5.79. The molecule has 0 amide bonds. The number of hydrogen-bond donors (Lipinski definition) is 1. The van der Waals surface area contributed by atoms with Crippen molar-refractivity contribution in [3.63, 3.8) is 0 Å². The molecule has 16 heavy (non-hydrogen) atoms. The van der Waals surface area contributed by atoms with Crippen LogP contribution in [0, 0.1) is 26.2 Å². The molecule has 1 heteroatoms. The van der Waals surface area contributed by atoms with E-state index in [-0.39, 0.29) is 0 Å². The van der Waals surface area contributed by atoms with E-state index >= 15 is 0 Å². The normalized spacial score (nSPS) is 19.3. The van der Waals surface area contributed by atoms with Gasteiger partial charge in [0.25, 0.3) is 0 Å². The number of aryl methyl sites for hydroxylation is 3. The zero-order valence-electron chi connectivity index (χ0n) is 11.1. The third-order valence-electron chi connectivity index (χ3n) is 4.12. The lowest BCUT2D eigenvalue weighted by molar-refractivity contribution is 0.493. The molecule has 0 bridgehead atoms. The van der Waals surface area contributed by atoms with Crippen LogP contribution >= 0.6 is 0 Å². The van der Waals surface area contributed by atoms with E-state index < -0.39 is 0 Å². The van der Waals surface area contributed by atoms with Gasteiger partial charge in [0, 0.05) is 11.7 Å². The summed E-state index contributed by atoms with van der Waals surface area (Å²) in [6.45, 7) is 11.2. The van der Waals surface area contributed by atoms with Crippen LogP contribution in [0.25, 0.3) is 0 Å². The van der Waals surface area contributed by atoms with Crippen molar-refractivity contribution in [3.8, 4) is 0 Å². The molecule has 0 radical (unpaired) electrons. The van der Waals surface area contributed by atoms with E-state index in [1.165, 1.54) is 35.2 Å². The van der Waals surface area contributed by atoms with Gasteiger partial charge in [0.15, 0.2) is 0 Å². The van der Waals surface area contributed by atoms with Crippen molar-refractivity contribution >= 4 is 5.69 Å². The molecule has 1 aliphatic rings. The Labute approximate surface area is 99.3 Å². The van der Waals surface area contributed by atoms with Gasteiger partial charge in [-0.2, -0.15) is 0 Å². The minimum Gasteiger partial charge on any atom is -0.382 e. The Morgan fingerprint density at radius 3 is 2.06 bits per heavy atom. The zero-order valence-corrected chi connectivity index (χ0v) is 11.1. The SMILES string of the molecule is Cc1cc(C)c(NC(C)C2(C)CC2)c(C)c1. The molecule has 1 nitrogen and oxygen atoms in total. The van der Waals surface area contributed by atoms with Crippen LogP contribution in [-0.4, -0.2) is 6.04 Å². The highest BCUT2D eigenvalue weighted by Crippen LogP contribution is 2.49. The number of rotatable bonds is 3. The highest BCUT2D eigenvalue weighted by Gasteiger charge is 2.42. The van der Waals surface area contributed by atoms with Gasteiger partial charge in [-0.15, -0.1) is 0 Å². The average Bonchev–Trinajstić information content (AvgIpc) is 2.91. The number of hydrogen-bond acceptors (Lipinski definition) is 1. The Bertz CT molecular complexity index is 379. The van der Waals surface area contributed by atoms with Crippen LogP contribution in [0.2, 0.25) is 0 Å². The summed E-state index contributed by atoms with van der Waals surface area (Å²) in [7, 11) is 0. The van der Waals surface area contributed by atoms with Gasteiger partial charge in [0.2, 0.25) is 0 Å². The van der Waals surface area contributed by atoms with Crippen molar-refractivity contribution in [2.24, 2.45) is 5.41 Å². The molecule has 1 saturated carbocycles. The summed E-state index contributed by atoms with van der Waals surface area (Å²) in [4.78, 5) is 0. The molecule has 0 spiro atoms. The molecular formula is C15H23N. The van der Waals surface area contributed by atoms with E-state index in [1.807, 2.05) is 0 Å². The van der Waals surface area contributed by atoms with E-state index in [9.17, 15) is 0 Å². The Morgan fingerprint density at radius 2 is 1.62 bits per heavy atom. The van der Waals surface area contributed by atoms with Crippen LogP contribution in [0.1, 0.15) is 43.4 Å². The standard InChI is InChI=1S/C15H23N/c1-10-8-11(2)14(12(3)9-10)16-13(4)15(5)6-7-15/h8-9,13,16H,6-7H2,1-5H3. The van der Waals surface area contributed by atoms with Gasteiger partial charge in [-0.25, -0.2) is 0 Å². The maximum Gasteiger partial charge on any atom is 0.0402 e. The van der Waals surface area contributed by atoms with Crippen molar-refractivity contribution in [1.29, 1.82) is 0 Å². The summed E-state index contributed by atoms with van der Waals surface area (Å²) < 4.78 is 0. The Balaban J connectivity index is 2.21. The number of anilines is 1. The summed E-state index contributed by atoms with van der Waals surface area (Å²) in [5.74, 6) is 0. The lowest BCUT2D eigenvalue weighted by Crippen LogP contribution is -2.25. The highest BCUT2D eigenvalue weighted by atomic mass is 14.9. The molecule has 88 valence electrons. The molecule has 1 aromatic rings. The van der Waals surface area contributed by atoms with Gasteiger partial charge in [0.05, 0.1) is 0 Å². The van der Waals surface area contributed by atoms with Crippen LogP contribution in [0.15, 0.2) is 12.1 Å². The molecule has 0 aromatic heterocycles. The summed E-state index contributed by atoms with van der Waals surface area (Å²) in [6.07, 6.45) is 2.73. The van der Waals surface area contributed by atoms with Crippen molar-refractivity contribution in [1.82, 2.24) is 0 Å². The first-order valence-corrected chi connectivity index (χ1v) is 6.27. The molecular weight excluding hydrogens is 194 g/mol. The monoisotopic (exact) mass is 217 g/mol. The van der Waals surface area contributed by atoms with E-state index in [0.29, 0.717) is 11.5 Å². The average molecular weight is 217 g/mol. The van der Waals surface area contributed by atoms with Crippen LogP contribution in [-0.2, 0) is 0 Å².